The molecule has 0 unspecified atom stereocenters. The normalized spacial score (nSPS) is 19.1. The molecule has 0 aliphatic carbocycles. The van der Waals surface area contributed by atoms with Crippen LogP contribution in [0.3, 0.4) is 0 Å². The number of hydrogen-bond donors (Lipinski definition) is 0. The molecule has 1 heterocycles. The highest BCUT2D eigenvalue weighted by Crippen LogP contribution is 2.19. The Labute approximate surface area is 91.9 Å². The molecule has 0 bridgehead atoms. The summed E-state index contributed by atoms with van der Waals surface area (Å²) in [6.45, 7) is 7.93. The van der Waals surface area contributed by atoms with E-state index in [2.05, 4.69) is 11.9 Å². The SMILES string of the molecule is [CH]c1cccc(OC2CCN(C)CC2)c1. The number of piperidine rings is 1. The highest BCUT2D eigenvalue weighted by Gasteiger charge is 2.17. The highest BCUT2D eigenvalue weighted by molar-refractivity contribution is 5.30. The second-order valence-corrected chi connectivity index (χ2v) is 4.19. The summed E-state index contributed by atoms with van der Waals surface area (Å²) in [5.41, 5.74) is 0.764. The Bertz CT molecular complexity index is 316. The van der Waals surface area contributed by atoms with Gasteiger partial charge in [0.05, 0.1) is 0 Å². The van der Waals surface area contributed by atoms with Crippen LogP contribution < -0.4 is 4.74 Å². The van der Waals surface area contributed by atoms with Crippen LogP contribution in [0.5, 0.6) is 5.75 Å². The Morgan fingerprint density at radius 3 is 2.73 bits per heavy atom. The fourth-order valence-electron chi connectivity index (χ4n) is 1.88. The van der Waals surface area contributed by atoms with Crippen LogP contribution in [-0.4, -0.2) is 31.1 Å². The summed E-state index contributed by atoms with van der Waals surface area (Å²) in [6.07, 6.45) is 2.55. The number of likely N-dealkylation sites (tertiary alicyclic amines) is 1. The molecule has 1 aromatic rings. The van der Waals surface area contributed by atoms with Gasteiger partial charge in [-0.25, -0.2) is 0 Å². The maximum absolute atomic E-state index is 5.88. The summed E-state index contributed by atoms with van der Waals surface area (Å²) in [6, 6.07) is 7.66. The van der Waals surface area contributed by atoms with Gasteiger partial charge < -0.3 is 9.64 Å². The maximum Gasteiger partial charge on any atom is 0.120 e. The van der Waals surface area contributed by atoms with Crippen molar-refractivity contribution in [2.24, 2.45) is 0 Å². The second kappa shape index (κ2) is 4.67. The molecule has 0 amide bonds. The molecular formula is C13H17NO. The van der Waals surface area contributed by atoms with Crippen LogP contribution in [0.2, 0.25) is 0 Å². The van der Waals surface area contributed by atoms with Crippen LogP contribution in [-0.2, 0) is 0 Å². The van der Waals surface area contributed by atoms with Gasteiger partial charge in [0.1, 0.15) is 11.9 Å². The molecule has 1 aliphatic heterocycles. The summed E-state index contributed by atoms with van der Waals surface area (Å²) >= 11 is 0. The van der Waals surface area contributed by atoms with Crippen LogP contribution >= 0.6 is 0 Å². The van der Waals surface area contributed by atoms with Crippen molar-refractivity contribution in [3.63, 3.8) is 0 Å². The first-order valence-corrected chi connectivity index (χ1v) is 5.45. The van der Waals surface area contributed by atoms with Crippen LogP contribution in [0.15, 0.2) is 24.3 Å². The largest absolute Gasteiger partial charge is 0.490 e. The molecule has 1 saturated heterocycles. The molecule has 80 valence electrons. The smallest absolute Gasteiger partial charge is 0.120 e. The highest BCUT2D eigenvalue weighted by atomic mass is 16.5. The van der Waals surface area contributed by atoms with Gasteiger partial charge in [-0.1, -0.05) is 12.1 Å². The van der Waals surface area contributed by atoms with E-state index in [1.807, 2.05) is 24.3 Å². The lowest BCUT2D eigenvalue weighted by Gasteiger charge is -2.29. The summed E-state index contributed by atoms with van der Waals surface area (Å²) < 4.78 is 5.88. The van der Waals surface area contributed by atoms with Gasteiger partial charge in [-0.2, -0.15) is 0 Å². The first-order valence-electron chi connectivity index (χ1n) is 5.45. The summed E-state index contributed by atoms with van der Waals surface area (Å²) in [4.78, 5) is 2.33. The van der Waals surface area contributed by atoms with E-state index in [9.17, 15) is 0 Å². The van der Waals surface area contributed by atoms with Crippen molar-refractivity contribution in [2.75, 3.05) is 20.1 Å². The quantitative estimate of drug-likeness (QED) is 0.730. The maximum atomic E-state index is 5.88. The summed E-state index contributed by atoms with van der Waals surface area (Å²) in [5, 5.41) is 0. The van der Waals surface area contributed by atoms with Gasteiger partial charge in [-0.05, 0) is 44.5 Å². The van der Waals surface area contributed by atoms with E-state index in [1.165, 1.54) is 0 Å². The molecule has 1 aromatic carbocycles. The number of hydrogen-bond acceptors (Lipinski definition) is 2. The molecule has 1 aliphatic rings. The molecule has 2 rings (SSSR count). The fraction of sp³-hybridized carbons (Fsp3) is 0.462. The van der Waals surface area contributed by atoms with Crippen LogP contribution in [0, 0.1) is 6.92 Å². The van der Waals surface area contributed by atoms with Gasteiger partial charge in [0.25, 0.3) is 0 Å². The standard InChI is InChI=1S/C13H17NO/c1-11-4-3-5-13(10-11)15-12-6-8-14(2)9-7-12/h1,3-5,10,12H,6-9H2,2H3. The van der Waals surface area contributed by atoms with Gasteiger partial charge in [-0.15, -0.1) is 0 Å². The molecule has 2 radical (unpaired) electrons. The minimum absolute atomic E-state index is 0.350. The fourth-order valence-corrected chi connectivity index (χ4v) is 1.88. The van der Waals surface area contributed by atoms with E-state index in [-0.39, 0.29) is 0 Å². The van der Waals surface area contributed by atoms with E-state index < -0.39 is 0 Å². The number of ether oxygens (including phenoxy) is 1. The number of rotatable bonds is 2. The van der Waals surface area contributed by atoms with E-state index in [1.54, 1.807) is 0 Å². The zero-order chi connectivity index (χ0) is 10.7. The monoisotopic (exact) mass is 203 g/mol. The molecule has 2 heteroatoms. The average molecular weight is 203 g/mol. The van der Waals surface area contributed by atoms with Crippen molar-refractivity contribution < 1.29 is 4.74 Å². The van der Waals surface area contributed by atoms with Gasteiger partial charge in [-0.3, -0.25) is 0 Å². The lowest BCUT2D eigenvalue weighted by molar-refractivity contribution is 0.114. The molecule has 15 heavy (non-hydrogen) atoms. The second-order valence-electron chi connectivity index (χ2n) is 4.19. The predicted octanol–water partition coefficient (Wildman–Crippen LogP) is 2.22. The molecule has 0 saturated carbocycles. The molecule has 0 aromatic heterocycles. The zero-order valence-electron chi connectivity index (χ0n) is 9.15. The Hall–Kier alpha value is -1.02. The minimum atomic E-state index is 0.350. The molecule has 0 spiro atoms. The lowest BCUT2D eigenvalue weighted by atomic mass is 10.1. The van der Waals surface area contributed by atoms with E-state index in [4.69, 9.17) is 11.7 Å². The van der Waals surface area contributed by atoms with Crippen molar-refractivity contribution in [1.82, 2.24) is 4.90 Å². The molecular weight excluding hydrogens is 186 g/mol. The number of nitrogens with zero attached hydrogens (tertiary/aromatic N) is 1. The topological polar surface area (TPSA) is 12.5 Å². The van der Waals surface area contributed by atoms with E-state index in [0.717, 1.165) is 37.2 Å². The van der Waals surface area contributed by atoms with Crippen LogP contribution in [0.25, 0.3) is 0 Å². The van der Waals surface area contributed by atoms with Crippen LogP contribution in [0.4, 0.5) is 0 Å². The first-order chi connectivity index (χ1) is 7.24. The Morgan fingerprint density at radius 2 is 2.07 bits per heavy atom. The molecule has 0 atom stereocenters. The molecule has 0 N–H and O–H groups in total. The average Bonchev–Trinajstić information content (AvgIpc) is 2.22. The summed E-state index contributed by atoms with van der Waals surface area (Å²) in [7, 11) is 2.15. The third-order valence-electron chi connectivity index (χ3n) is 2.83. The van der Waals surface area contributed by atoms with Crippen molar-refractivity contribution in [3.05, 3.63) is 36.8 Å². The van der Waals surface area contributed by atoms with Crippen molar-refractivity contribution >= 4 is 0 Å². The van der Waals surface area contributed by atoms with E-state index in [0.29, 0.717) is 6.10 Å². The van der Waals surface area contributed by atoms with Gasteiger partial charge in [0.15, 0.2) is 0 Å². The van der Waals surface area contributed by atoms with Crippen molar-refractivity contribution in [2.45, 2.75) is 18.9 Å². The van der Waals surface area contributed by atoms with Gasteiger partial charge >= 0.3 is 0 Å². The van der Waals surface area contributed by atoms with Gasteiger partial charge in [0.2, 0.25) is 0 Å². The zero-order valence-corrected chi connectivity index (χ0v) is 9.15. The number of benzene rings is 1. The van der Waals surface area contributed by atoms with E-state index >= 15 is 0 Å². The predicted molar refractivity (Wildman–Crippen MR) is 61.0 cm³/mol. The third-order valence-corrected chi connectivity index (χ3v) is 2.83. The Balaban J connectivity index is 1.92. The Morgan fingerprint density at radius 1 is 1.33 bits per heavy atom. The first kappa shape index (κ1) is 10.5. The third kappa shape index (κ3) is 2.96. The van der Waals surface area contributed by atoms with Crippen molar-refractivity contribution in [1.29, 1.82) is 0 Å². The van der Waals surface area contributed by atoms with Gasteiger partial charge in [0, 0.05) is 13.1 Å². The van der Waals surface area contributed by atoms with Crippen LogP contribution in [0.1, 0.15) is 18.4 Å². The Kier molecular flexibility index (Phi) is 3.27. The lowest BCUT2D eigenvalue weighted by Crippen LogP contribution is -2.35. The molecule has 1 fully saturated rings. The minimum Gasteiger partial charge on any atom is -0.490 e. The molecule has 2 nitrogen and oxygen atoms in total. The summed E-state index contributed by atoms with van der Waals surface area (Å²) in [5.74, 6) is 0.893. The van der Waals surface area contributed by atoms with Crippen molar-refractivity contribution in [3.8, 4) is 5.75 Å².